The van der Waals surface area contributed by atoms with Crippen molar-refractivity contribution in [2.24, 2.45) is 5.41 Å². The number of hydrogen-bond acceptors (Lipinski definition) is 2. The van der Waals surface area contributed by atoms with Gasteiger partial charge in [-0.3, -0.25) is 0 Å². The van der Waals surface area contributed by atoms with E-state index in [4.69, 9.17) is 5.26 Å². The predicted molar refractivity (Wildman–Crippen MR) is 68.1 cm³/mol. The molecule has 0 amide bonds. The Morgan fingerprint density at radius 3 is 2.44 bits per heavy atom. The Labute approximate surface area is 101 Å². The Hall–Kier alpha value is -0.550. The minimum Gasteiger partial charge on any atom is -0.301 e. The monoisotopic (exact) mass is 222 g/mol. The molecule has 2 heteroatoms. The second kappa shape index (κ2) is 6.25. The molecule has 1 fully saturated rings. The van der Waals surface area contributed by atoms with E-state index in [-0.39, 0.29) is 5.41 Å². The summed E-state index contributed by atoms with van der Waals surface area (Å²) >= 11 is 0. The van der Waals surface area contributed by atoms with Crippen molar-refractivity contribution in [1.29, 1.82) is 5.26 Å². The van der Waals surface area contributed by atoms with Gasteiger partial charge in [0.2, 0.25) is 0 Å². The standard InChI is InChI=1S/C14H26N2/c1-4-16(13-8-5-6-9-13)11-7-10-14(2,3)12-15/h13H,4-11H2,1-3H3. The van der Waals surface area contributed by atoms with Gasteiger partial charge in [0.15, 0.2) is 0 Å². The highest BCUT2D eigenvalue weighted by atomic mass is 15.1. The highest BCUT2D eigenvalue weighted by molar-refractivity contribution is 4.91. The van der Waals surface area contributed by atoms with Gasteiger partial charge in [0.25, 0.3) is 0 Å². The van der Waals surface area contributed by atoms with Gasteiger partial charge in [0, 0.05) is 6.04 Å². The largest absolute Gasteiger partial charge is 0.301 e. The molecule has 16 heavy (non-hydrogen) atoms. The third-order valence-electron chi connectivity index (χ3n) is 3.80. The minimum absolute atomic E-state index is 0.144. The van der Waals surface area contributed by atoms with Crippen LogP contribution in [0.25, 0.3) is 0 Å². The number of rotatable bonds is 6. The molecule has 2 nitrogen and oxygen atoms in total. The van der Waals surface area contributed by atoms with Gasteiger partial charge in [0.1, 0.15) is 0 Å². The normalized spacial score (nSPS) is 17.9. The van der Waals surface area contributed by atoms with Crippen LogP contribution in [0.1, 0.15) is 59.3 Å². The van der Waals surface area contributed by atoms with Crippen LogP contribution in [-0.4, -0.2) is 24.0 Å². The molecular weight excluding hydrogens is 196 g/mol. The lowest BCUT2D eigenvalue weighted by atomic mass is 9.89. The van der Waals surface area contributed by atoms with E-state index < -0.39 is 0 Å². The lowest BCUT2D eigenvalue weighted by Crippen LogP contribution is -2.34. The van der Waals surface area contributed by atoms with Crippen molar-refractivity contribution in [2.75, 3.05) is 13.1 Å². The molecule has 92 valence electrons. The van der Waals surface area contributed by atoms with E-state index in [0.29, 0.717) is 0 Å². The van der Waals surface area contributed by atoms with Crippen molar-refractivity contribution < 1.29 is 0 Å². The number of hydrogen-bond donors (Lipinski definition) is 0. The van der Waals surface area contributed by atoms with E-state index in [1.54, 1.807) is 0 Å². The van der Waals surface area contributed by atoms with Gasteiger partial charge in [0.05, 0.1) is 11.5 Å². The highest BCUT2D eigenvalue weighted by Gasteiger charge is 2.22. The fourth-order valence-electron chi connectivity index (χ4n) is 2.65. The Balaban J connectivity index is 2.26. The summed E-state index contributed by atoms with van der Waals surface area (Å²) in [4.78, 5) is 2.61. The van der Waals surface area contributed by atoms with E-state index in [0.717, 1.165) is 25.4 Å². The molecule has 1 aliphatic rings. The van der Waals surface area contributed by atoms with Crippen molar-refractivity contribution in [3.05, 3.63) is 0 Å². The van der Waals surface area contributed by atoms with E-state index in [1.165, 1.54) is 32.2 Å². The smallest absolute Gasteiger partial charge is 0.0683 e. The van der Waals surface area contributed by atoms with Gasteiger partial charge in [-0.25, -0.2) is 0 Å². The molecule has 1 saturated carbocycles. The molecular formula is C14H26N2. The van der Waals surface area contributed by atoms with Crippen molar-refractivity contribution >= 4 is 0 Å². The zero-order valence-corrected chi connectivity index (χ0v) is 11.1. The van der Waals surface area contributed by atoms with Gasteiger partial charge in [-0.2, -0.15) is 5.26 Å². The summed E-state index contributed by atoms with van der Waals surface area (Å²) in [5.74, 6) is 0. The molecule has 0 unspecified atom stereocenters. The quantitative estimate of drug-likeness (QED) is 0.687. The zero-order valence-electron chi connectivity index (χ0n) is 11.1. The summed E-state index contributed by atoms with van der Waals surface area (Å²) in [5, 5.41) is 8.96. The van der Waals surface area contributed by atoms with Gasteiger partial charge in [-0.15, -0.1) is 0 Å². The minimum atomic E-state index is -0.144. The maximum absolute atomic E-state index is 8.96. The van der Waals surface area contributed by atoms with Gasteiger partial charge in [-0.1, -0.05) is 19.8 Å². The summed E-state index contributed by atoms with van der Waals surface area (Å²) in [5.41, 5.74) is -0.144. The predicted octanol–water partition coefficient (Wildman–Crippen LogP) is 3.58. The molecule has 0 aliphatic heterocycles. The molecule has 0 N–H and O–H groups in total. The van der Waals surface area contributed by atoms with Crippen LogP contribution in [0.15, 0.2) is 0 Å². The van der Waals surface area contributed by atoms with Crippen LogP contribution in [0.3, 0.4) is 0 Å². The maximum Gasteiger partial charge on any atom is 0.0683 e. The number of nitriles is 1. The van der Waals surface area contributed by atoms with Crippen LogP contribution >= 0.6 is 0 Å². The van der Waals surface area contributed by atoms with Crippen LogP contribution < -0.4 is 0 Å². The van der Waals surface area contributed by atoms with Crippen molar-refractivity contribution in [1.82, 2.24) is 4.90 Å². The average Bonchev–Trinajstić information content (AvgIpc) is 2.78. The Morgan fingerprint density at radius 1 is 1.31 bits per heavy atom. The summed E-state index contributed by atoms with van der Waals surface area (Å²) in [6, 6.07) is 3.21. The summed E-state index contributed by atoms with van der Waals surface area (Å²) in [7, 11) is 0. The van der Waals surface area contributed by atoms with E-state index in [2.05, 4.69) is 17.9 Å². The van der Waals surface area contributed by atoms with Crippen LogP contribution in [0.5, 0.6) is 0 Å². The molecule has 0 heterocycles. The highest BCUT2D eigenvalue weighted by Crippen LogP contribution is 2.25. The van der Waals surface area contributed by atoms with Crippen LogP contribution in [0, 0.1) is 16.7 Å². The van der Waals surface area contributed by atoms with Gasteiger partial charge in [-0.05, 0) is 52.6 Å². The third kappa shape index (κ3) is 4.14. The zero-order chi connectivity index (χ0) is 12.0. The summed E-state index contributed by atoms with van der Waals surface area (Å²) in [6.45, 7) is 8.68. The van der Waals surface area contributed by atoms with Crippen LogP contribution in [-0.2, 0) is 0 Å². The van der Waals surface area contributed by atoms with E-state index in [9.17, 15) is 0 Å². The molecule has 0 aromatic heterocycles. The molecule has 0 aromatic rings. The summed E-state index contributed by atoms with van der Waals surface area (Å²) in [6.07, 6.45) is 7.76. The van der Waals surface area contributed by atoms with Gasteiger partial charge < -0.3 is 4.90 Å². The van der Waals surface area contributed by atoms with E-state index >= 15 is 0 Å². The van der Waals surface area contributed by atoms with Crippen LogP contribution in [0.2, 0.25) is 0 Å². The fraction of sp³-hybridized carbons (Fsp3) is 0.929. The second-order valence-electron chi connectivity index (χ2n) is 5.67. The Morgan fingerprint density at radius 2 is 1.94 bits per heavy atom. The summed E-state index contributed by atoms with van der Waals surface area (Å²) < 4.78 is 0. The first-order valence-electron chi connectivity index (χ1n) is 6.74. The van der Waals surface area contributed by atoms with Gasteiger partial charge >= 0.3 is 0 Å². The first-order chi connectivity index (χ1) is 7.59. The van der Waals surface area contributed by atoms with Crippen molar-refractivity contribution in [3.63, 3.8) is 0 Å². The molecule has 0 aromatic carbocycles. The third-order valence-corrected chi connectivity index (χ3v) is 3.80. The first-order valence-corrected chi connectivity index (χ1v) is 6.74. The van der Waals surface area contributed by atoms with Crippen molar-refractivity contribution in [3.8, 4) is 6.07 Å². The molecule has 1 rings (SSSR count). The molecule has 0 radical (unpaired) electrons. The molecule has 0 atom stereocenters. The SMILES string of the molecule is CCN(CCCC(C)(C)C#N)C1CCCC1. The molecule has 1 aliphatic carbocycles. The molecule has 0 saturated heterocycles. The molecule has 0 spiro atoms. The fourth-order valence-corrected chi connectivity index (χ4v) is 2.65. The van der Waals surface area contributed by atoms with Crippen molar-refractivity contribution in [2.45, 2.75) is 65.3 Å². The maximum atomic E-state index is 8.96. The first kappa shape index (κ1) is 13.5. The topological polar surface area (TPSA) is 27.0 Å². The average molecular weight is 222 g/mol. The number of nitrogens with zero attached hydrogens (tertiary/aromatic N) is 2. The lowest BCUT2D eigenvalue weighted by molar-refractivity contribution is 0.198. The Kier molecular flexibility index (Phi) is 5.28. The molecule has 0 bridgehead atoms. The second-order valence-corrected chi connectivity index (χ2v) is 5.67. The van der Waals surface area contributed by atoms with E-state index in [1.807, 2.05) is 13.8 Å². The lowest BCUT2D eigenvalue weighted by Gasteiger charge is -2.28. The van der Waals surface area contributed by atoms with Crippen LogP contribution in [0.4, 0.5) is 0 Å². The Bertz CT molecular complexity index is 234.